The first-order valence-corrected chi connectivity index (χ1v) is 7.38. The SMILES string of the molecule is Cc1nc2ccc(NC(=O)[C@@H]3COCCN3CC(F)(F)F)cc2o1. The number of nitrogens with zero attached hydrogens (tertiary/aromatic N) is 2. The molecule has 1 saturated heterocycles. The van der Waals surface area contributed by atoms with Crippen molar-refractivity contribution < 1.29 is 27.1 Å². The third kappa shape index (κ3) is 3.85. The van der Waals surface area contributed by atoms with Crippen molar-refractivity contribution in [2.45, 2.75) is 19.1 Å². The molecule has 6 nitrogen and oxygen atoms in total. The maximum atomic E-state index is 12.6. The molecular weight excluding hydrogens is 327 g/mol. The number of amides is 1. The minimum absolute atomic E-state index is 0.0535. The third-order valence-electron chi connectivity index (χ3n) is 3.69. The Kier molecular flexibility index (Phi) is 4.46. The highest BCUT2D eigenvalue weighted by Crippen LogP contribution is 2.22. The molecule has 1 fully saturated rings. The van der Waals surface area contributed by atoms with Gasteiger partial charge in [0.25, 0.3) is 0 Å². The zero-order valence-corrected chi connectivity index (χ0v) is 12.9. The number of anilines is 1. The monoisotopic (exact) mass is 343 g/mol. The van der Waals surface area contributed by atoms with E-state index in [0.717, 1.165) is 4.90 Å². The first-order valence-electron chi connectivity index (χ1n) is 7.38. The predicted molar refractivity (Wildman–Crippen MR) is 79.6 cm³/mol. The van der Waals surface area contributed by atoms with Crippen LogP contribution in [0.15, 0.2) is 22.6 Å². The van der Waals surface area contributed by atoms with Gasteiger partial charge in [0.05, 0.1) is 19.8 Å². The molecule has 1 aromatic carbocycles. The van der Waals surface area contributed by atoms with Gasteiger partial charge >= 0.3 is 6.18 Å². The Morgan fingerprint density at radius 3 is 3.00 bits per heavy atom. The fourth-order valence-electron chi connectivity index (χ4n) is 2.64. The molecule has 2 heterocycles. The van der Waals surface area contributed by atoms with Crippen molar-refractivity contribution in [3.63, 3.8) is 0 Å². The van der Waals surface area contributed by atoms with Crippen LogP contribution in [0.1, 0.15) is 5.89 Å². The van der Waals surface area contributed by atoms with Gasteiger partial charge in [-0.1, -0.05) is 0 Å². The summed E-state index contributed by atoms with van der Waals surface area (Å²) in [7, 11) is 0. The van der Waals surface area contributed by atoms with E-state index in [1.807, 2.05) is 0 Å². The number of fused-ring (bicyclic) bond motifs is 1. The number of hydrogen-bond donors (Lipinski definition) is 1. The van der Waals surface area contributed by atoms with Gasteiger partial charge in [0, 0.05) is 25.2 Å². The molecule has 2 aromatic rings. The van der Waals surface area contributed by atoms with Crippen molar-refractivity contribution >= 4 is 22.7 Å². The second-order valence-electron chi connectivity index (χ2n) is 5.58. The molecule has 1 aliphatic heterocycles. The van der Waals surface area contributed by atoms with Crippen LogP contribution < -0.4 is 5.32 Å². The summed E-state index contributed by atoms with van der Waals surface area (Å²) in [6.45, 7) is 0.702. The summed E-state index contributed by atoms with van der Waals surface area (Å²) in [5.41, 5.74) is 1.57. The Morgan fingerprint density at radius 1 is 1.46 bits per heavy atom. The summed E-state index contributed by atoms with van der Waals surface area (Å²) in [5.74, 6) is -0.0555. The van der Waals surface area contributed by atoms with Crippen molar-refractivity contribution in [3.05, 3.63) is 24.1 Å². The number of carbonyl (C=O) groups is 1. The van der Waals surface area contributed by atoms with E-state index in [2.05, 4.69) is 10.3 Å². The van der Waals surface area contributed by atoms with Crippen molar-refractivity contribution in [1.29, 1.82) is 0 Å². The molecule has 0 radical (unpaired) electrons. The van der Waals surface area contributed by atoms with Gasteiger partial charge in [0.1, 0.15) is 11.6 Å². The lowest BCUT2D eigenvalue weighted by atomic mass is 10.2. The normalized spacial score (nSPS) is 19.6. The van der Waals surface area contributed by atoms with E-state index in [1.165, 1.54) is 0 Å². The fourth-order valence-corrected chi connectivity index (χ4v) is 2.64. The molecule has 0 aliphatic carbocycles. The van der Waals surface area contributed by atoms with Gasteiger partial charge in [-0.3, -0.25) is 9.69 Å². The molecule has 130 valence electrons. The largest absolute Gasteiger partial charge is 0.441 e. The first-order chi connectivity index (χ1) is 11.3. The second kappa shape index (κ2) is 6.40. The lowest BCUT2D eigenvalue weighted by molar-refractivity contribution is -0.165. The summed E-state index contributed by atoms with van der Waals surface area (Å²) in [5, 5.41) is 2.61. The average Bonchev–Trinajstić information content (AvgIpc) is 2.85. The Balaban J connectivity index is 1.73. The van der Waals surface area contributed by atoms with Crippen LogP contribution in [0.25, 0.3) is 11.1 Å². The molecule has 0 unspecified atom stereocenters. The second-order valence-corrected chi connectivity index (χ2v) is 5.58. The van der Waals surface area contributed by atoms with Crippen molar-refractivity contribution in [1.82, 2.24) is 9.88 Å². The van der Waals surface area contributed by atoms with E-state index in [0.29, 0.717) is 22.7 Å². The Labute approximate surface area is 135 Å². The standard InChI is InChI=1S/C15H16F3N3O3/c1-9-19-11-3-2-10(6-13(11)24-9)20-14(22)12-7-23-5-4-21(12)8-15(16,17)18/h2-3,6,12H,4-5,7-8H2,1H3,(H,20,22)/t12-/m0/s1. The van der Waals surface area contributed by atoms with Crippen LogP contribution >= 0.6 is 0 Å². The Morgan fingerprint density at radius 2 is 2.25 bits per heavy atom. The minimum Gasteiger partial charge on any atom is -0.441 e. The summed E-state index contributed by atoms with van der Waals surface area (Å²) in [6, 6.07) is 3.89. The van der Waals surface area contributed by atoms with Gasteiger partial charge in [0.15, 0.2) is 11.5 Å². The number of halogens is 3. The summed E-state index contributed by atoms with van der Waals surface area (Å²) in [4.78, 5) is 17.6. The predicted octanol–water partition coefficient (Wildman–Crippen LogP) is 2.34. The zero-order valence-electron chi connectivity index (χ0n) is 12.9. The van der Waals surface area contributed by atoms with Gasteiger partial charge in [-0.2, -0.15) is 13.2 Å². The number of hydrogen-bond acceptors (Lipinski definition) is 5. The summed E-state index contributed by atoms with van der Waals surface area (Å²) < 4.78 is 48.5. The van der Waals surface area contributed by atoms with Crippen molar-refractivity contribution in [3.8, 4) is 0 Å². The smallest absolute Gasteiger partial charge is 0.401 e. The van der Waals surface area contributed by atoms with Crippen LogP contribution in [-0.4, -0.2) is 54.3 Å². The third-order valence-corrected chi connectivity index (χ3v) is 3.69. The molecule has 1 aliphatic rings. The maximum Gasteiger partial charge on any atom is 0.401 e. The van der Waals surface area contributed by atoms with Crippen LogP contribution in [0, 0.1) is 6.92 Å². The Hall–Kier alpha value is -2.13. The number of oxazole rings is 1. The van der Waals surface area contributed by atoms with Crippen LogP contribution in [0.5, 0.6) is 0 Å². The molecule has 0 saturated carbocycles. The molecule has 9 heteroatoms. The molecule has 1 amide bonds. The molecule has 3 rings (SSSR count). The number of ether oxygens (including phenoxy) is 1. The summed E-state index contributed by atoms with van der Waals surface area (Å²) in [6.07, 6.45) is -4.37. The Bertz CT molecular complexity index is 744. The van der Waals surface area contributed by atoms with Crippen LogP contribution in [0.3, 0.4) is 0 Å². The van der Waals surface area contributed by atoms with E-state index in [9.17, 15) is 18.0 Å². The quantitative estimate of drug-likeness (QED) is 0.927. The molecule has 0 bridgehead atoms. The lowest BCUT2D eigenvalue weighted by Crippen LogP contribution is -2.54. The maximum absolute atomic E-state index is 12.6. The molecular formula is C15H16F3N3O3. The van der Waals surface area contributed by atoms with E-state index in [-0.39, 0.29) is 19.8 Å². The number of aryl methyl sites for hydroxylation is 1. The van der Waals surface area contributed by atoms with Gasteiger partial charge in [0.2, 0.25) is 5.91 Å². The molecule has 1 atom stereocenters. The summed E-state index contributed by atoms with van der Waals surface area (Å²) >= 11 is 0. The number of benzene rings is 1. The molecule has 24 heavy (non-hydrogen) atoms. The molecule has 0 spiro atoms. The van der Waals surface area contributed by atoms with Gasteiger partial charge in [-0.25, -0.2) is 4.98 Å². The van der Waals surface area contributed by atoms with Crippen LogP contribution in [0.4, 0.5) is 18.9 Å². The van der Waals surface area contributed by atoms with Crippen LogP contribution in [-0.2, 0) is 9.53 Å². The topological polar surface area (TPSA) is 67.6 Å². The zero-order chi connectivity index (χ0) is 17.3. The van der Waals surface area contributed by atoms with E-state index in [4.69, 9.17) is 9.15 Å². The minimum atomic E-state index is -4.37. The van der Waals surface area contributed by atoms with E-state index >= 15 is 0 Å². The lowest BCUT2D eigenvalue weighted by Gasteiger charge is -2.34. The molecule has 1 aromatic heterocycles. The first kappa shape index (κ1) is 16.7. The molecule has 1 N–H and O–H groups in total. The van der Waals surface area contributed by atoms with Gasteiger partial charge in [-0.05, 0) is 12.1 Å². The highest BCUT2D eigenvalue weighted by atomic mass is 19.4. The van der Waals surface area contributed by atoms with Crippen molar-refractivity contribution in [2.75, 3.05) is 31.6 Å². The average molecular weight is 343 g/mol. The number of morpholine rings is 1. The van der Waals surface area contributed by atoms with Crippen LogP contribution in [0.2, 0.25) is 0 Å². The van der Waals surface area contributed by atoms with Crippen molar-refractivity contribution in [2.24, 2.45) is 0 Å². The highest BCUT2D eigenvalue weighted by molar-refractivity contribution is 5.96. The number of alkyl halides is 3. The number of rotatable bonds is 3. The van der Waals surface area contributed by atoms with Gasteiger partial charge < -0.3 is 14.5 Å². The number of nitrogens with one attached hydrogen (secondary N) is 1. The highest BCUT2D eigenvalue weighted by Gasteiger charge is 2.38. The van der Waals surface area contributed by atoms with E-state index < -0.39 is 24.7 Å². The number of aromatic nitrogens is 1. The van der Waals surface area contributed by atoms with Gasteiger partial charge in [-0.15, -0.1) is 0 Å². The van der Waals surface area contributed by atoms with E-state index in [1.54, 1.807) is 25.1 Å². The number of carbonyl (C=O) groups excluding carboxylic acids is 1. The fraction of sp³-hybridized carbons (Fsp3) is 0.467.